The van der Waals surface area contributed by atoms with Gasteiger partial charge in [-0.2, -0.15) is 13.2 Å². The number of aromatic nitrogens is 2. The minimum atomic E-state index is -4.38. The van der Waals surface area contributed by atoms with Gasteiger partial charge in [-0.25, -0.2) is 0 Å². The lowest BCUT2D eigenvalue weighted by molar-refractivity contribution is -0.137. The molecular formula is C23H23F3N4O3. The number of hydrogen-bond donors (Lipinski definition) is 1. The summed E-state index contributed by atoms with van der Waals surface area (Å²) in [5, 5.41) is 0. The number of nitrogens with one attached hydrogen (secondary N) is 1. The zero-order valence-electron chi connectivity index (χ0n) is 18.0. The molecule has 1 fully saturated rings. The lowest BCUT2D eigenvalue weighted by Gasteiger charge is -2.35. The van der Waals surface area contributed by atoms with Gasteiger partial charge in [-0.05, 0) is 36.8 Å². The van der Waals surface area contributed by atoms with E-state index in [2.05, 4.69) is 4.98 Å². The van der Waals surface area contributed by atoms with Crippen LogP contribution < -0.4 is 11.1 Å². The highest BCUT2D eigenvalue weighted by Gasteiger charge is 2.30. The van der Waals surface area contributed by atoms with E-state index in [0.717, 1.165) is 12.1 Å². The number of piperazine rings is 1. The van der Waals surface area contributed by atoms with Crippen molar-refractivity contribution in [3.05, 3.63) is 79.9 Å². The van der Waals surface area contributed by atoms with Crippen molar-refractivity contribution in [3.63, 3.8) is 0 Å². The number of nitrogens with zero attached hydrogens (tertiary/aromatic N) is 3. The first-order valence-electron chi connectivity index (χ1n) is 10.6. The van der Waals surface area contributed by atoms with Crippen molar-refractivity contribution >= 4 is 16.9 Å². The second-order valence-electron chi connectivity index (χ2n) is 8.00. The molecule has 33 heavy (non-hydrogen) atoms. The Morgan fingerprint density at radius 3 is 2.42 bits per heavy atom. The molecule has 3 aromatic rings. The number of fused-ring (bicyclic) bond motifs is 1. The highest BCUT2D eigenvalue weighted by atomic mass is 19.4. The monoisotopic (exact) mass is 460 g/mol. The predicted octanol–water partition coefficient (Wildman–Crippen LogP) is 2.69. The summed E-state index contributed by atoms with van der Waals surface area (Å²) in [7, 11) is 0. The van der Waals surface area contributed by atoms with E-state index in [4.69, 9.17) is 0 Å². The first-order valence-corrected chi connectivity index (χ1v) is 10.6. The van der Waals surface area contributed by atoms with E-state index in [1.807, 2.05) is 4.90 Å². The normalized spacial score (nSPS) is 15.2. The Morgan fingerprint density at radius 1 is 1.03 bits per heavy atom. The third-order valence-corrected chi connectivity index (χ3v) is 5.86. The number of benzene rings is 2. The van der Waals surface area contributed by atoms with Crippen molar-refractivity contribution in [1.82, 2.24) is 19.4 Å². The third-order valence-electron chi connectivity index (χ3n) is 5.86. The molecule has 1 aliphatic heterocycles. The Bertz CT molecular complexity index is 1300. The molecule has 0 spiro atoms. The topological polar surface area (TPSA) is 78.4 Å². The van der Waals surface area contributed by atoms with Crippen LogP contribution in [0.15, 0.2) is 52.1 Å². The number of halogens is 3. The molecule has 0 aliphatic carbocycles. The highest BCUT2D eigenvalue weighted by Crippen LogP contribution is 2.29. The van der Waals surface area contributed by atoms with E-state index in [-0.39, 0.29) is 5.91 Å². The number of rotatable bonds is 4. The molecule has 0 radical (unpaired) electrons. The smallest absolute Gasteiger partial charge is 0.336 e. The maximum absolute atomic E-state index is 13.0. The molecule has 0 bridgehead atoms. The van der Waals surface area contributed by atoms with Crippen molar-refractivity contribution < 1.29 is 18.0 Å². The first kappa shape index (κ1) is 22.8. The summed E-state index contributed by atoms with van der Waals surface area (Å²) in [5.41, 5.74) is -0.120. The summed E-state index contributed by atoms with van der Waals surface area (Å²) >= 11 is 0. The summed E-state index contributed by atoms with van der Waals surface area (Å²) < 4.78 is 40.2. The summed E-state index contributed by atoms with van der Waals surface area (Å²) in [6.45, 7) is 4.39. The van der Waals surface area contributed by atoms with E-state index in [9.17, 15) is 27.6 Å². The molecule has 7 nitrogen and oxygen atoms in total. The van der Waals surface area contributed by atoms with Crippen molar-refractivity contribution in [2.45, 2.75) is 26.2 Å². The second kappa shape index (κ2) is 8.86. The Hall–Kier alpha value is -3.40. The third kappa shape index (κ3) is 4.70. The zero-order valence-corrected chi connectivity index (χ0v) is 18.0. The molecule has 0 atom stereocenters. The molecule has 174 valence electrons. The zero-order chi connectivity index (χ0) is 23.8. The van der Waals surface area contributed by atoms with E-state index in [1.54, 1.807) is 36.1 Å². The van der Waals surface area contributed by atoms with Crippen molar-refractivity contribution in [1.29, 1.82) is 0 Å². The quantitative estimate of drug-likeness (QED) is 0.608. The standard InChI is InChI=1S/C23H23F3N4O3/c1-2-30-19-7-6-16(13-18(19)27-20(31)22(30)33)21(32)29-10-8-28(9-11-29)14-15-4-3-5-17(12-15)23(24,25)26/h3-7,12-13H,2,8-11,14H2,1H3,(H,27,31). The van der Waals surface area contributed by atoms with Crippen LogP contribution in [0.1, 0.15) is 28.4 Å². The minimum Gasteiger partial charge on any atom is -0.336 e. The van der Waals surface area contributed by atoms with Crippen LogP contribution in [0.2, 0.25) is 0 Å². The maximum atomic E-state index is 13.0. The van der Waals surface area contributed by atoms with Crippen LogP contribution in [0.3, 0.4) is 0 Å². The van der Waals surface area contributed by atoms with Crippen LogP contribution in [0.5, 0.6) is 0 Å². The van der Waals surface area contributed by atoms with Crippen molar-refractivity contribution in [2.75, 3.05) is 26.2 Å². The summed E-state index contributed by atoms with van der Waals surface area (Å²) in [5.74, 6) is -0.203. The summed E-state index contributed by atoms with van der Waals surface area (Å²) in [6.07, 6.45) is -4.38. The van der Waals surface area contributed by atoms with Crippen LogP contribution in [0, 0.1) is 0 Å². The average Bonchev–Trinajstić information content (AvgIpc) is 2.79. The number of aryl methyl sites for hydroxylation is 1. The fraction of sp³-hybridized carbons (Fsp3) is 0.348. The van der Waals surface area contributed by atoms with Gasteiger partial charge in [0.2, 0.25) is 0 Å². The van der Waals surface area contributed by atoms with Gasteiger partial charge in [-0.15, -0.1) is 0 Å². The fourth-order valence-corrected chi connectivity index (χ4v) is 4.12. The number of carbonyl (C=O) groups excluding carboxylic acids is 1. The van der Waals surface area contributed by atoms with Gasteiger partial charge in [-0.3, -0.25) is 19.3 Å². The Labute approximate surface area is 187 Å². The lowest BCUT2D eigenvalue weighted by Crippen LogP contribution is -2.48. The minimum absolute atomic E-state index is 0.203. The summed E-state index contributed by atoms with van der Waals surface area (Å²) in [6, 6.07) is 10.1. The molecule has 2 aromatic carbocycles. The lowest BCUT2D eigenvalue weighted by atomic mass is 10.1. The molecule has 10 heteroatoms. The van der Waals surface area contributed by atoms with Crippen LogP contribution in [0.4, 0.5) is 13.2 Å². The first-order chi connectivity index (χ1) is 15.7. The Morgan fingerprint density at radius 2 is 1.76 bits per heavy atom. The molecule has 0 saturated carbocycles. The largest absolute Gasteiger partial charge is 0.416 e. The van der Waals surface area contributed by atoms with E-state index >= 15 is 0 Å². The molecular weight excluding hydrogens is 437 g/mol. The molecule has 2 heterocycles. The van der Waals surface area contributed by atoms with E-state index in [0.29, 0.717) is 61.4 Å². The molecule has 0 unspecified atom stereocenters. The molecule has 1 saturated heterocycles. The average molecular weight is 460 g/mol. The van der Waals surface area contributed by atoms with E-state index < -0.39 is 22.9 Å². The van der Waals surface area contributed by atoms with Gasteiger partial charge in [0.1, 0.15) is 0 Å². The van der Waals surface area contributed by atoms with Gasteiger partial charge in [-0.1, -0.05) is 18.2 Å². The van der Waals surface area contributed by atoms with Gasteiger partial charge in [0.15, 0.2) is 0 Å². The number of amides is 1. The molecule has 1 amide bonds. The van der Waals surface area contributed by atoms with Gasteiger partial charge in [0.25, 0.3) is 5.91 Å². The van der Waals surface area contributed by atoms with Gasteiger partial charge < -0.3 is 14.5 Å². The van der Waals surface area contributed by atoms with Crippen LogP contribution >= 0.6 is 0 Å². The number of alkyl halides is 3. The fourth-order valence-electron chi connectivity index (χ4n) is 4.12. The molecule has 1 N–H and O–H groups in total. The van der Waals surface area contributed by atoms with Crippen LogP contribution in [-0.4, -0.2) is 51.4 Å². The second-order valence-corrected chi connectivity index (χ2v) is 8.00. The van der Waals surface area contributed by atoms with Gasteiger partial charge in [0, 0.05) is 44.8 Å². The number of carbonyl (C=O) groups is 1. The molecule has 4 rings (SSSR count). The SMILES string of the molecule is CCn1c(=O)c(=O)[nH]c2cc(C(=O)N3CCN(Cc4cccc(C(F)(F)F)c4)CC3)ccc21. The Kier molecular flexibility index (Phi) is 6.11. The van der Waals surface area contributed by atoms with E-state index in [1.165, 1.54) is 10.6 Å². The molecule has 1 aliphatic rings. The van der Waals surface area contributed by atoms with Gasteiger partial charge >= 0.3 is 17.3 Å². The number of hydrogen-bond acceptors (Lipinski definition) is 4. The Balaban J connectivity index is 1.44. The summed E-state index contributed by atoms with van der Waals surface area (Å²) in [4.78, 5) is 43.1. The number of H-pyrrole nitrogens is 1. The highest BCUT2D eigenvalue weighted by molar-refractivity contribution is 5.97. The maximum Gasteiger partial charge on any atom is 0.416 e. The van der Waals surface area contributed by atoms with Crippen LogP contribution in [-0.2, 0) is 19.3 Å². The molecule has 1 aromatic heterocycles. The van der Waals surface area contributed by atoms with Crippen LogP contribution in [0.25, 0.3) is 11.0 Å². The van der Waals surface area contributed by atoms with Gasteiger partial charge in [0.05, 0.1) is 16.6 Å². The van der Waals surface area contributed by atoms with Crippen molar-refractivity contribution in [2.24, 2.45) is 0 Å². The van der Waals surface area contributed by atoms with Crippen molar-refractivity contribution in [3.8, 4) is 0 Å². The number of aromatic amines is 1. The predicted molar refractivity (Wildman–Crippen MR) is 117 cm³/mol.